The van der Waals surface area contributed by atoms with Crippen LogP contribution in [0.2, 0.25) is 0 Å². The Bertz CT molecular complexity index is 930. The fourth-order valence-corrected chi connectivity index (χ4v) is 4.22. The Morgan fingerprint density at radius 2 is 2.04 bits per heavy atom. The molecule has 1 aliphatic carbocycles. The van der Waals surface area contributed by atoms with E-state index in [1.54, 1.807) is 11.6 Å². The standard InChI is InChI=1S/C22H24N2O2S/c1-14-7-6-8-15(11-14)12-19-21(26)24(5)17-13-16(9-10-18(17)27-19)20(25)23-22(2,3)4/h6-13,18H,1-5H3/p+1/b19-12-. The summed E-state index contributed by atoms with van der Waals surface area (Å²) in [6.45, 7) is 7.88. The third-order valence-corrected chi connectivity index (χ3v) is 5.49. The van der Waals surface area contributed by atoms with E-state index >= 15 is 0 Å². The highest BCUT2D eigenvalue weighted by Crippen LogP contribution is 2.33. The number of nitrogens with one attached hydrogen (secondary N) is 1. The van der Waals surface area contributed by atoms with Crippen LogP contribution >= 0.6 is 11.8 Å². The number of thioether (sulfide) groups is 1. The van der Waals surface area contributed by atoms with Gasteiger partial charge in [0.2, 0.25) is 5.71 Å². The van der Waals surface area contributed by atoms with Crippen molar-refractivity contribution in [2.75, 3.05) is 7.05 Å². The molecule has 1 unspecified atom stereocenters. The normalized spacial score (nSPS) is 21.2. The van der Waals surface area contributed by atoms with Crippen molar-refractivity contribution in [1.29, 1.82) is 0 Å². The lowest BCUT2D eigenvalue weighted by molar-refractivity contribution is -0.413. The van der Waals surface area contributed by atoms with E-state index in [0.29, 0.717) is 10.5 Å². The van der Waals surface area contributed by atoms with Gasteiger partial charge < -0.3 is 5.32 Å². The SMILES string of the molecule is Cc1cccc(/C=C2\SC3C=CC(C(=O)NC(C)(C)C)=CC3=[N+](C)C2=O)c1. The van der Waals surface area contributed by atoms with Crippen molar-refractivity contribution >= 4 is 35.4 Å². The molecular weight excluding hydrogens is 356 g/mol. The number of aryl methyl sites for hydroxylation is 1. The molecule has 1 aromatic rings. The van der Waals surface area contributed by atoms with Crippen LogP contribution in [0.1, 0.15) is 31.9 Å². The molecule has 140 valence electrons. The van der Waals surface area contributed by atoms with Gasteiger partial charge in [-0.25, -0.2) is 4.79 Å². The first-order chi connectivity index (χ1) is 12.6. The number of carbonyl (C=O) groups excluding carboxylic acids is 2. The molecule has 0 fully saturated rings. The molecule has 0 spiro atoms. The quantitative estimate of drug-likeness (QED) is 0.630. The summed E-state index contributed by atoms with van der Waals surface area (Å²) in [5, 5.41) is 2.99. The highest BCUT2D eigenvalue weighted by molar-refractivity contribution is 8.05. The number of amides is 2. The van der Waals surface area contributed by atoms with E-state index < -0.39 is 0 Å². The molecule has 1 aliphatic heterocycles. The van der Waals surface area contributed by atoms with Crippen LogP contribution in [0, 0.1) is 6.92 Å². The van der Waals surface area contributed by atoms with Crippen LogP contribution in [0.4, 0.5) is 0 Å². The van der Waals surface area contributed by atoms with Gasteiger partial charge in [0, 0.05) is 17.2 Å². The number of benzene rings is 1. The number of carbonyl (C=O) groups is 2. The van der Waals surface area contributed by atoms with Crippen LogP contribution in [0.3, 0.4) is 0 Å². The van der Waals surface area contributed by atoms with Gasteiger partial charge in [0.05, 0.1) is 0 Å². The summed E-state index contributed by atoms with van der Waals surface area (Å²) < 4.78 is 1.65. The Morgan fingerprint density at radius 3 is 2.70 bits per heavy atom. The summed E-state index contributed by atoms with van der Waals surface area (Å²) in [5.74, 6) is -0.175. The third kappa shape index (κ3) is 4.48. The zero-order valence-corrected chi connectivity index (χ0v) is 17.2. The summed E-state index contributed by atoms with van der Waals surface area (Å²) in [6, 6.07) is 8.09. The largest absolute Gasteiger partial charge is 0.425 e. The lowest BCUT2D eigenvalue weighted by Crippen LogP contribution is -2.42. The van der Waals surface area contributed by atoms with E-state index in [-0.39, 0.29) is 22.6 Å². The molecule has 4 nitrogen and oxygen atoms in total. The molecule has 2 amide bonds. The van der Waals surface area contributed by atoms with Gasteiger partial charge in [-0.05, 0) is 39.3 Å². The molecule has 1 atom stereocenters. The van der Waals surface area contributed by atoms with Gasteiger partial charge in [-0.2, -0.15) is 4.58 Å². The second-order valence-corrected chi connectivity index (χ2v) is 9.10. The maximum atomic E-state index is 12.8. The van der Waals surface area contributed by atoms with Crippen molar-refractivity contribution in [2.45, 2.75) is 38.5 Å². The van der Waals surface area contributed by atoms with Gasteiger partial charge in [-0.3, -0.25) is 4.79 Å². The predicted molar refractivity (Wildman–Crippen MR) is 112 cm³/mol. The highest BCUT2D eigenvalue weighted by atomic mass is 32.2. The van der Waals surface area contributed by atoms with Gasteiger partial charge in [0.25, 0.3) is 5.91 Å². The van der Waals surface area contributed by atoms with Crippen molar-refractivity contribution in [1.82, 2.24) is 5.32 Å². The summed E-state index contributed by atoms with van der Waals surface area (Å²) in [6.07, 6.45) is 7.59. The molecule has 0 aromatic heterocycles. The minimum absolute atomic E-state index is 0.0231. The number of hydrogen-bond donors (Lipinski definition) is 1. The fourth-order valence-electron chi connectivity index (χ4n) is 3.00. The van der Waals surface area contributed by atoms with Crippen molar-refractivity contribution in [2.24, 2.45) is 0 Å². The van der Waals surface area contributed by atoms with Gasteiger partial charge >= 0.3 is 5.91 Å². The summed E-state index contributed by atoms with van der Waals surface area (Å²) in [7, 11) is 1.77. The van der Waals surface area contributed by atoms with Gasteiger partial charge in [0.15, 0.2) is 0 Å². The van der Waals surface area contributed by atoms with Crippen molar-refractivity contribution in [3.8, 4) is 0 Å². The maximum absolute atomic E-state index is 12.8. The number of fused-ring (bicyclic) bond motifs is 1. The lowest BCUT2D eigenvalue weighted by Gasteiger charge is -2.24. The highest BCUT2D eigenvalue weighted by Gasteiger charge is 2.38. The zero-order chi connectivity index (χ0) is 19.8. The van der Waals surface area contributed by atoms with Crippen LogP contribution in [0.25, 0.3) is 6.08 Å². The second kappa shape index (κ2) is 7.31. The molecule has 5 heteroatoms. The average molecular weight is 382 g/mol. The van der Waals surface area contributed by atoms with E-state index in [4.69, 9.17) is 0 Å². The number of nitrogens with zero attached hydrogens (tertiary/aromatic N) is 1. The summed E-state index contributed by atoms with van der Waals surface area (Å²) in [5.41, 5.74) is 3.28. The summed E-state index contributed by atoms with van der Waals surface area (Å²) >= 11 is 1.52. The monoisotopic (exact) mass is 381 g/mol. The Kier molecular flexibility index (Phi) is 5.24. The van der Waals surface area contributed by atoms with Crippen molar-refractivity contribution in [3.63, 3.8) is 0 Å². The Labute approximate surface area is 164 Å². The van der Waals surface area contributed by atoms with Crippen LogP contribution in [-0.2, 0) is 9.59 Å². The number of allylic oxidation sites excluding steroid dienone is 1. The molecule has 0 bridgehead atoms. The first-order valence-corrected chi connectivity index (χ1v) is 9.84. The number of rotatable bonds is 2. The minimum Gasteiger partial charge on any atom is -0.347 e. The Balaban J connectivity index is 1.91. The van der Waals surface area contributed by atoms with E-state index in [1.165, 1.54) is 11.8 Å². The molecule has 0 radical (unpaired) electrons. The molecular formula is C22H25N2O2S+. The molecule has 1 aromatic carbocycles. The van der Waals surface area contributed by atoms with Crippen molar-refractivity contribution in [3.05, 3.63) is 64.1 Å². The molecule has 27 heavy (non-hydrogen) atoms. The van der Waals surface area contributed by atoms with Crippen molar-refractivity contribution < 1.29 is 14.2 Å². The van der Waals surface area contributed by atoms with E-state index in [1.807, 2.05) is 70.2 Å². The van der Waals surface area contributed by atoms with Crippen LogP contribution in [0.5, 0.6) is 0 Å². The Hall–Kier alpha value is -2.40. The zero-order valence-electron chi connectivity index (χ0n) is 16.4. The fraction of sp³-hybridized carbons (Fsp3) is 0.318. The van der Waals surface area contributed by atoms with E-state index in [2.05, 4.69) is 11.4 Å². The van der Waals surface area contributed by atoms with Gasteiger partial charge in [0.1, 0.15) is 17.2 Å². The summed E-state index contributed by atoms with van der Waals surface area (Å²) in [4.78, 5) is 26.0. The molecule has 0 saturated heterocycles. The predicted octanol–water partition coefficient (Wildman–Crippen LogP) is 3.47. The molecule has 3 rings (SSSR count). The third-order valence-electron chi connectivity index (χ3n) is 4.29. The number of likely N-dealkylation sites (N-methyl/N-ethyl adjacent to an activating group) is 1. The minimum atomic E-state index is -0.306. The van der Waals surface area contributed by atoms with Crippen LogP contribution in [0.15, 0.2) is 53.0 Å². The topological polar surface area (TPSA) is 49.2 Å². The molecule has 0 saturated carbocycles. The van der Waals surface area contributed by atoms with Crippen LogP contribution < -0.4 is 5.32 Å². The van der Waals surface area contributed by atoms with Crippen LogP contribution in [-0.4, -0.2) is 39.9 Å². The van der Waals surface area contributed by atoms with Gasteiger partial charge in [-0.1, -0.05) is 53.7 Å². The van der Waals surface area contributed by atoms with E-state index in [9.17, 15) is 9.59 Å². The first kappa shape index (κ1) is 19.4. The average Bonchev–Trinajstić information content (AvgIpc) is 2.58. The second-order valence-electron chi connectivity index (χ2n) is 7.91. The molecule has 1 heterocycles. The lowest BCUT2D eigenvalue weighted by atomic mass is 10.0. The number of hydrogen-bond acceptors (Lipinski definition) is 3. The van der Waals surface area contributed by atoms with Gasteiger partial charge in [-0.15, -0.1) is 0 Å². The molecule has 2 aliphatic rings. The van der Waals surface area contributed by atoms with E-state index in [0.717, 1.165) is 16.8 Å². The Morgan fingerprint density at radius 1 is 1.30 bits per heavy atom. The smallest absolute Gasteiger partial charge is 0.347 e. The first-order valence-electron chi connectivity index (χ1n) is 8.96. The maximum Gasteiger partial charge on any atom is 0.425 e. The molecule has 1 N–H and O–H groups in total.